The number of phosphoric acid groups is 1. The molecule has 388 valence electrons. The molecule has 0 aliphatic heterocycles. The third-order valence-electron chi connectivity index (χ3n) is 11.8. The standard InChI is InChI=1S/C54H101O11P/c1-4-7-10-13-16-19-22-24-25-27-30-33-36-39-42-45-54(58)65-51(47-61-52(56)43-40-37-34-31-28-21-18-15-12-9-6-3)49-63-66(59,60)62-48-50(46-55)64-53(57)44-41-38-35-32-29-26-23-20-17-14-11-8-5-2/h15,18,20,23,50-51,55H,4-14,16-17,19,21-22,24-49H2,1-3H3,(H,59,60)/b18-15-,23-20-. The van der Waals surface area contributed by atoms with Gasteiger partial charge in [0.05, 0.1) is 19.8 Å². The van der Waals surface area contributed by atoms with Gasteiger partial charge in [0.25, 0.3) is 0 Å². The topological polar surface area (TPSA) is 155 Å². The smallest absolute Gasteiger partial charge is 0.462 e. The Balaban J connectivity index is 4.69. The number of aliphatic hydroxyl groups excluding tert-OH is 1. The highest BCUT2D eigenvalue weighted by atomic mass is 31.2. The summed E-state index contributed by atoms with van der Waals surface area (Å²) >= 11 is 0. The molecule has 0 aliphatic carbocycles. The number of esters is 3. The minimum Gasteiger partial charge on any atom is -0.462 e. The van der Waals surface area contributed by atoms with E-state index < -0.39 is 57.8 Å². The number of hydrogen-bond donors (Lipinski definition) is 2. The number of aliphatic hydroxyl groups is 1. The molecule has 0 rings (SSSR count). The van der Waals surface area contributed by atoms with Crippen LogP contribution < -0.4 is 0 Å². The number of carbonyl (C=O) groups is 3. The number of allylic oxidation sites excluding steroid dienone is 4. The molecule has 0 aromatic heterocycles. The van der Waals surface area contributed by atoms with Crippen LogP contribution in [0.5, 0.6) is 0 Å². The summed E-state index contributed by atoms with van der Waals surface area (Å²) in [6, 6.07) is 0. The molecule has 0 aromatic carbocycles. The van der Waals surface area contributed by atoms with Gasteiger partial charge in [-0.1, -0.05) is 206 Å². The molecule has 11 nitrogen and oxygen atoms in total. The van der Waals surface area contributed by atoms with Gasteiger partial charge in [0.1, 0.15) is 12.7 Å². The Morgan fingerprint density at radius 2 is 0.712 bits per heavy atom. The van der Waals surface area contributed by atoms with Gasteiger partial charge < -0.3 is 24.2 Å². The fourth-order valence-electron chi connectivity index (χ4n) is 7.63. The monoisotopic (exact) mass is 957 g/mol. The minimum atomic E-state index is -4.74. The predicted molar refractivity (Wildman–Crippen MR) is 270 cm³/mol. The van der Waals surface area contributed by atoms with E-state index in [1.165, 1.54) is 109 Å². The summed E-state index contributed by atoms with van der Waals surface area (Å²) in [6.07, 6.45) is 47.1. The van der Waals surface area contributed by atoms with Gasteiger partial charge in [0.2, 0.25) is 0 Å². The molecule has 0 saturated heterocycles. The molecule has 12 heteroatoms. The molecule has 0 radical (unpaired) electrons. The van der Waals surface area contributed by atoms with Gasteiger partial charge in [0.15, 0.2) is 6.10 Å². The number of hydrogen-bond acceptors (Lipinski definition) is 10. The molecule has 2 N–H and O–H groups in total. The van der Waals surface area contributed by atoms with E-state index in [1.54, 1.807) is 0 Å². The summed E-state index contributed by atoms with van der Waals surface area (Å²) in [7, 11) is -4.74. The summed E-state index contributed by atoms with van der Waals surface area (Å²) in [5, 5.41) is 9.78. The van der Waals surface area contributed by atoms with Crippen molar-refractivity contribution in [2.45, 2.75) is 277 Å². The van der Waals surface area contributed by atoms with E-state index in [0.29, 0.717) is 19.3 Å². The fourth-order valence-corrected chi connectivity index (χ4v) is 8.41. The van der Waals surface area contributed by atoms with Gasteiger partial charge in [-0.3, -0.25) is 23.4 Å². The zero-order valence-corrected chi connectivity index (χ0v) is 43.6. The second kappa shape index (κ2) is 49.4. The summed E-state index contributed by atoms with van der Waals surface area (Å²) in [5.41, 5.74) is 0. The zero-order chi connectivity index (χ0) is 48.4. The van der Waals surface area contributed by atoms with Crippen molar-refractivity contribution in [1.82, 2.24) is 0 Å². The fraction of sp³-hybridized carbons (Fsp3) is 0.870. The Morgan fingerprint density at radius 3 is 1.11 bits per heavy atom. The molecule has 0 heterocycles. The first kappa shape index (κ1) is 64.0. The first-order valence-electron chi connectivity index (χ1n) is 27.2. The summed E-state index contributed by atoms with van der Waals surface area (Å²) in [5.74, 6) is -1.47. The molecular formula is C54H101O11P. The average molecular weight is 957 g/mol. The van der Waals surface area contributed by atoms with Crippen LogP contribution in [0, 0.1) is 0 Å². The lowest BCUT2D eigenvalue weighted by atomic mass is 10.0. The van der Waals surface area contributed by atoms with Crippen LogP contribution in [0.2, 0.25) is 0 Å². The molecule has 0 fully saturated rings. The lowest BCUT2D eigenvalue weighted by Gasteiger charge is -2.21. The van der Waals surface area contributed by atoms with Crippen LogP contribution in [0.25, 0.3) is 0 Å². The van der Waals surface area contributed by atoms with Gasteiger partial charge in [-0.25, -0.2) is 4.57 Å². The number of phosphoric ester groups is 1. The maximum Gasteiger partial charge on any atom is 0.472 e. The summed E-state index contributed by atoms with van der Waals surface area (Å²) < 4.78 is 39.4. The number of ether oxygens (including phenoxy) is 3. The first-order chi connectivity index (χ1) is 32.2. The van der Waals surface area contributed by atoms with Crippen molar-refractivity contribution >= 4 is 25.7 Å². The van der Waals surface area contributed by atoms with E-state index in [2.05, 4.69) is 45.1 Å². The molecule has 66 heavy (non-hydrogen) atoms. The molecule has 0 aliphatic rings. The van der Waals surface area contributed by atoms with Crippen LogP contribution in [0.3, 0.4) is 0 Å². The van der Waals surface area contributed by atoms with Gasteiger partial charge in [0, 0.05) is 19.3 Å². The molecule has 0 aromatic rings. The van der Waals surface area contributed by atoms with Crippen LogP contribution >= 0.6 is 7.82 Å². The van der Waals surface area contributed by atoms with Crippen molar-refractivity contribution < 1.29 is 52.2 Å². The van der Waals surface area contributed by atoms with Crippen LogP contribution in [0.1, 0.15) is 265 Å². The van der Waals surface area contributed by atoms with E-state index in [1.807, 2.05) is 0 Å². The number of unbranched alkanes of at least 4 members (excludes halogenated alkanes) is 30. The molecule has 3 atom stereocenters. The first-order valence-corrected chi connectivity index (χ1v) is 28.7. The maximum atomic E-state index is 12.8. The molecule has 0 spiro atoms. The van der Waals surface area contributed by atoms with Gasteiger partial charge in [-0.05, 0) is 64.2 Å². The number of carbonyl (C=O) groups excluding carboxylic acids is 3. The Morgan fingerprint density at radius 1 is 0.409 bits per heavy atom. The zero-order valence-electron chi connectivity index (χ0n) is 42.7. The Hall–Kier alpha value is -2.04. The van der Waals surface area contributed by atoms with Crippen molar-refractivity contribution in [2.75, 3.05) is 26.4 Å². The van der Waals surface area contributed by atoms with Gasteiger partial charge in [-0.15, -0.1) is 0 Å². The van der Waals surface area contributed by atoms with E-state index in [9.17, 15) is 28.9 Å². The van der Waals surface area contributed by atoms with Crippen molar-refractivity contribution in [3.05, 3.63) is 24.3 Å². The molecule has 0 amide bonds. The predicted octanol–water partition coefficient (Wildman–Crippen LogP) is 15.5. The SMILES string of the molecule is CCCC/C=C\CCCCCCCC(=O)OCC(COP(=O)(O)OCC(CO)OC(=O)CCCCCCC/C=C\CCCCCC)OC(=O)CCCCCCCCCCCCCCCCC. The van der Waals surface area contributed by atoms with Crippen molar-refractivity contribution in [3.63, 3.8) is 0 Å². The highest BCUT2D eigenvalue weighted by Crippen LogP contribution is 2.43. The van der Waals surface area contributed by atoms with Gasteiger partial charge in [-0.2, -0.15) is 0 Å². The number of rotatable bonds is 51. The lowest BCUT2D eigenvalue weighted by Crippen LogP contribution is -2.30. The summed E-state index contributed by atoms with van der Waals surface area (Å²) in [4.78, 5) is 48.3. The van der Waals surface area contributed by atoms with Crippen LogP contribution in [0.15, 0.2) is 24.3 Å². The van der Waals surface area contributed by atoms with Crippen molar-refractivity contribution in [2.24, 2.45) is 0 Å². The Kier molecular flexibility index (Phi) is 47.9. The van der Waals surface area contributed by atoms with Crippen LogP contribution in [0.4, 0.5) is 0 Å². The van der Waals surface area contributed by atoms with Crippen molar-refractivity contribution in [1.29, 1.82) is 0 Å². The molecule has 3 unspecified atom stereocenters. The van der Waals surface area contributed by atoms with E-state index in [0.717, 1.165) is 96.3 Å². The van der Waals surface area contributed by atoms with Gasteiger partial charge >= 0.3 is 25.7 Å². The summed E-state index contributed by atoms with van der Waals surface area (Å²) in [6.45, 7) is 4.60. The largest absolute Gasteiger partial charge is 0.472 e. The van der Waals surface area contributed by atoms with E-state index >= 15 is 0 Å². The highest BCUT2D eigenvalue weighted by Gasteiger charge is 2.28. The second-order valence-corrected chi connectivity index (χ2v) is 19.8. The normalized spacial score (nSPS) is 13.6. The Labute approximate surface area is 404 Å². The third kappa shape index (κ3) is 47.0. The highest BCUT2D eigenvalue weighted by molar-refractivity contribution is 7.47. The van der Waals surface area contributed by atoms with Crippen molar-refractivity contribution in [3.8, 4) is 0 Å². The molecule has 0 bridgehead atoms. The quantitative estimate of drug-likeness (QED) is 0.0197. The van der Waals surface area contributed by atoms with E-state index in [-0.39, 0.29) is 25.9 Å². The average Bonchev–Trinajstić information content (AvgIpc) is 3.30. The Bertz CT molecular complexity index is 1210. The lowest BCUT2D eigenvalue weighted by molar-refractivity contribution is -0.161. The molecular weight excluding hydrogens is 856 g/mol. The van der Waals surface area contributed by atoms with Crippen LogP contribution in [-0.4, -0.2) is 66.5 Å². The molecule has 0 saturated carbocycles. The van der Waals surface area contributed by atoms with Crippen LogP contribution in [-0.2, 0) is 42.2 Å². The maximum absolute atomic E-state index is 12.8. The third-order valence-corrected chi connectivity index (χ3v) is 12.8. The van der Waals surface area contributed by atoms with E-state index in [4.69, 9.17) is 23.3 Å². The minimum absolute atomic E-state index is 0.170. The second-order valence-electron chi connectivity index (χ2n) is 18.4.